The molecule has 6 heteroatoms. The Morgan fingerprint density at radius 3 is 3.12 bits per heavy atom. The first-order valence-corrected chi connectivity index (χ1v) is 4.83. The zero-order chi connectivity index (χ0) is 11.2. The van der Waals surface area contributed by atoms with Crippen LogP contribution in [0.4, 0.5) is 5.82 Å². The number of anilines is 1. The first-order valence-electron chi connectivity index (χ1n) is 4.83. The molecule has 6 nitrogen and oxygen atoms in total. The van der Waals surface area contributed by atoms with Crippen LogP contribution in [0.25, 0.3) is 0 Å². The van der Waals surface area contributed by atoms with Crippen molar-refractivity contribution < 1.29 is 0 Å². The molecule has 0 saturated carbocycles. The lowest BCUT2D eigenvalue weighted by Gasteiger charge is -2.04. The maximum atomic E-state index is 8.68. The van der Waals surface area contributed by atoms with Crippen molar-refractivity contribution in [1.29, 1.82) is 5.26 Å². The molecule has 0 spiro atoms. The van der Waals surface area contributed by atoms with Gasteiger partial charge in [0, 0.05) is 12.7 Å². The molecule has 1 N–H and O–H groups in total. The quantitative estimate of drug-likeness (QED) is 0.808. The van der Waals surface area contributed by atoms with Crippen LogP contribution in [0.1, 0.15) is 5.69 Å². The molecule has 0 aliphatic carbocycles. The van der Waals surface area contributed by atoms with E-state index >= 15 is 0 Å². The molecule has 0 aliphatic heterocycles. The van der Waals surface area contributed by atoms with E-state index in [0.717, 1.165) is 0 Å². The van der Waals surface area contributed by atoms with Gasteiger partial charge in [0.2, 0.25) is 0 Å². The van der Waals surface area contributed by atoms with Crippen LogP contribution in [-0.4, -0.2) is 26.5 Å². The number of nitrogens with zero attached hydrogens (tertiary/aromatic N) is 5. The molecule has 0 fully saturated rings. The lowest BCUT2D eigenvalue weighted by atomic mass is 10.3. The zero-order valence-corrected chi connectivity index (χ0v) is 8.54. The maximum absolute atomic E-state index is 8.68. The van der Waals surface area contributed by atoms with Gasteiger partial charge in [0.05, 0.1) is 12.7 Å². The average molecular weight is 214 g/mol. The second-order valence-electron chi connectivity index (χ2n) is 3.11. The second kappa shape index (κ2) is 4.89. The third-order valence-corrected chi connectivity index (χ3v) is 1.98. The molecule has 80 valence electrons. The number of pyridine rings is 1. The van der Waals surface area contributed by atoms with Crippen molar-refractivity contribution in [2.75, 3.05) is 11.9 Å². The van der Waals surface area contributed by atoms with Gasteiger partial charge in [0.15, 0.2) is 0 Å². The summed E-state index contributed by atoms with van der Waals surface area (Å²) in [5.41, 5.74) is 0.408. The van der Waals surface area contributed by atoms with Gasteiger partial charge < -0.3 is 5.32 Å². The van der Waals surface area contributed by atoms with Crippen LogP contribution < -0.4 is 5.32 Å². The van der Waals surface area contributed by atoms with Crippen LogP contribution >= 0.6 is 0 Å². The predicted molar refractivity (Wildman–Crippen MR) is 57.5 cm³/mol. The molecule has 0 saturated heterocycles. The van der Waals surface area contributed by atoms with Crippen LogP contribution in [-0.2, 0) is 6.54 Å². The lowest BCUT2D eigenvalue weighted by molar-refractivity contribution is 0.608. The Hall–Kier alpha value is -2.42. The van der Waals surface area contributed by atoms with E-state index < -0.39 is 0 Å². The molecule has 0 radical (unpaired) electrons. The lowest BCUT2D eigenvalue weighted by Crippen LogP contribution is -2.12. The molecule has 16 heavy (non-hydrogen) atoms. The summed E-state index contributed by atoms with van der Waals surface area (Å²) in [5.74, 6) is 0.694. The van der Waals surface area contributed by atoms with Crippen LogP contribution in [0.5, 0.6) is 0 Å². The van der Waals surface area contributed by atoms with Crippen LogP contribution in [0.15, 0.2) is 30.6 Å². The highest BCUT2D eigenvalue weighted by Crippen LogP contribution is 2.03. The third-order valence-electron chi connectivity index (χ3n) is 1.98. The van der Waals surface area contributed by atoms with E-state index in [1.165, 1.54) is 0 Å². The third kappa shape index (κ3) is 2.54. The fourth-order valence-corrected chi connectivity index (χ4v) is 1.25. The molecule has 0 aromatic carbocycles. The van der Waals surface area contributed by atoms with E-state index in [0.29, 0.717) is 24.6 Å². The maximum Gasteiger partial charge on any atom is 0.142 e. The van der Waals surface area contributed by atoms with Crippen molar-refractivity contribution in [2.45, 2.75) is 6.54 Å². The van der Waals surface area contributed by atoms with E-state index in [1.54, 1.807) is 29.2 Å². The van der Waals surface area contributed by atoms with Gasteiger partial charge in [-0.05, 0) is 12.1 Å². The summed E-state index contributed by atoms with van der Waals surface area (Å²) in [6.45, 7) is 1.39. The minimum atomic E-state index is 0.408. The summed E-state index contributed by atoms with van der Waals surface area (Å²) < 4.78 is 1.72. The Morgan fingerprint density at radius 2 is 2.38 bits per heavy atom. The van der Waals surface area contributed by atoms with Gasteiger partial charge in [-0.1, -0.05) is 11.3 Å². The van der Waals surface area contributed by atoms with Crippen molar-refractivity contribution in [3.05, 3.63) is 36.3 Å². The van der Waals surface area contributed by atoms with Crippen molar-refractivity contribution in [2.24, 2.45) is 0 Å². The normalized spacial score (nSPS) is 9.69. The number of nitrogens with one attached hydrogen (secondary N) is 1. The van der Waals surface area contributed by atoms with E-state index in [9.17, 15) is 0 Å². The molecule has 2 rings (SSSR count). The molecular weight excluding hydrogens is 204 g/mol. The molecule has 0 aliphatic rings. The number of nitriles is 1. The summed E-state index contributed by atoms with van der Waals surface area (Å²) in [5, 5.41) is 19.3. The second-order valence-corrected chi connectivity index (χ2v) is 3.11. The molecule has 2 aromatic rings. The summed E-state index contributed by atoms with van der Waals surface area (Å²) in [7, 11) is 0. The average Bonchev–Trinajstić information content (AvgIpc) is 2.82. The highest BCUT2D eigenvalue weighted by molar-refractivity contribution is 5.38. The number of hydrogen-bond donors (Lipinski definition) is 1. The SMILES string of the molecule is N#Cc1cccc(NCCn2ccnn2)n1. The molecule has 0 bridgehead atoms. The Morgan fingerprint density at radius 1 is 1.44 bits per heavy atom. The van der Waals surface area contributed by atoms with Gasteiger partial charge in [-0.3, -0.25) is 4.68 Å². The predicted octanol–water partition coefficient (Wildman–Crippen LogP) is 0.657. The van der Waals surface area contributed by atoms with E-state index in [2.05, 4.69) is 20.6 Å². The summed E-state index contributed by atoms with van der Waals surface area (Å²) >= 11 is 0. The van der Waals surface area contributed by atoms with Crippen LogP contribution in [0.2, 0.25) is 0 Å². The van der Waals surface area contributed by atoms with Gasteiger partial charge in [-0.2, -0.15) is 5.26 Å². The van der Waals surface area contributed by atoms with Gasteiger partial charge in [-0.25, -0.2) is 4.98 Å². The minimum Gasteiger partial charge on any atom is -0.368 e. The smallest absolute Gasteiger partial charge is 0.142 e. The molecular formula is C10H10N6. The Labute approximate surface area is 92.5 Å². The Bertz CT molecular complexity index is 484. The molecule has 2 aromatic heterocycles. The van der Waals surface area contributed by atoms with E-state index in [-0.39, 0.29) is 0 Å². The fourth-order valence-electron chi connectivity index (χ4n) is 1.25. The first-order chi connectivity index (χ1) is 7.88. The van der Waals surface area contributed by atoms with Crippen molar-refractivity contribution in [3.8, 4) is 6.07 Å². The largest absolute Gasteiger partial charge is 0.368 e. The van der Waals surface area contributed by atoms with Crippen molar-refractivity contribution in [3.63, 3.8) is 0 Å². The van der Waals surface area contributed by atoms with Gasteiger partial charge in [0.1, 0.15) is 17.6 Å². The molecule has 0 amide bonds. The summed E-state index contributed by atoms with van der Waals surface area (Å²) in [6.07, 6.45) is 3.43. The number of hydrogen-bond acceptors (Lipinski definition) is 5. The Balaban J connectivity index is 1.88. The topological polar surface area (TPSA) is 79.4 Å². The Kier molecular flexibility index (Phi) is 3.09. The number of rotatable bonds is 4. The van der Waals surface area contributed by atoms with E-state index in [4.69, 9.17) is 5.26 Å². The zero-order valence-electron chi connectivity index (χ0n) is 8.54. The van der Waals surface area contributed by atoms with E-state index in [1.807, 2.05) is 12.1 Å². The van der Waals surface area contributed by atoms with Crippen molar-refractivity contribution >= 4 is 5.82 Å². The highest BCUT2D eigenvalue weighted by atomic mass is 15.4. The molecule has 2 heterocycles. The van der Waals surface area contributed by atoms with Crippen LogP contribution in [0, 0.1) is 11.3 Å². The first kappa shape index (κ1) is 10.1. The minimum absolute atomic E-state index is 0.408. The van der Waals surface area contributed by atoms with Gasteiger partial charge >= 0.3 is 0 Å². The highest BCUT2D eigenvalue weighted by Gasteiger charge is 1.96. The van der Waals surface area contributed by atoms with Gasteiger partial charge in [0.25, 0.3) is 0 Å². The van der Waals surface area contributed by atoms with Crippen LogP contribution in [0.3, 0.4) is 0 Å². The monoisotopic (exact) mass is 214 g/mol. The molecule has 0 unspecified atom stereocenters. The molecule has 0 atom stereocenters. The van der Waals surface area contributed by atoms with Gasteiger partial charge in [-0.15, -0.1) is 5.10 Å². The van der Waals surface area contributed by atoms with Crippen molar-refractivity contribution in [1.82, 2.24) is 20.0 Å². The summed E-state index contributed by atoms with van der Waals surface area (Å²) in [6, 6.07) is 7.28. The fraction of sp³-hybridized carbons (Fsp3) is 0.200. The standard InChI is InChI=1S/C10H10N6/c11-8-9-2-1-3-10(14-9)12-4-6-16-7-5-13-15-16/h1-3,5,7H,4,6H2,(H,12,14). The summed E-state index contributed by atoms with van der Waals surface area (Å²) in [4.78, 5) is 4.09. The number of aromatic nitrogens is 4.